The number of anilines is 1. The fourth-order valence-electron chi connectivity index (χ4n) is 1.58. The van der Waals surface area contributed by atoms with Gasteiger partial charge in [0.05, 0.1) is 17.1 Å². The molecule has 0 radical (unpaired) electrons. The van der Waals surface area contributed by atoms with Crippen molar-refractivity contribution >= 4 is 17.4 Å². The molecular formula is C13H20N4O4. The number of hydrogen-bond acceptors (Lipinski definition) is 6. The topological polar surface area (TPSA) is 106 Å². The van der Waals surface area contributed by atoms with E-state index in [-0.39, 0.29) is 11.3 Å². The lowest BCUT2D eigenvalue weighted by Crippen LogP contribution is -2.28. The van der Waals surface area contributed by atoms with Crippen molar-refractivity contribution in [2.75, 3.05) is 32.1 Å². The summed E-state index contributed by atoms with van der Waals surface area (Å²) in [6.07, 6.45) is 1.11. The monoisotopic (exact) mass is 296 g/mol. The number of rotatable bonds is 8. The molecule has 0 saturated heterocycles. The second-order valence-electron chi connectivity index (χ2n) is 4.82. The first kappa shape index (κ1) is 16.8. The summed E-state index contributed by atoms with van der Waals surface area (Å²) in [4.78, 5) is 26.0. The highest BCUT2D eigenvalue weighted by Crippen LogP contribution is 2.18. The Morgan fingerprint density at radius 2 is 2.24 bits per heavy atom. The highest BCUT2D eigenvalue weighted by Gasteiger charge is 2.17. The lowest BCUT2D eigenvalue weighted by molar-refractivity contribution is -0.385. The van der Waals surface area contributed by atoms with E-state index < -0.39 is 10.8 Å². The molecule has 1 amide bonds. The molecule has 8 nitrogen and oxygen atoms in total. The van der Waals surface area contributed by atoms with Gasteiger partial charge < -0.3 is 15.4 Å². The lowest BCUT2D eigenvalue weighted by atomic mass is 10.2. The van der Waals surface area contributed by atoms with Crippen molar-refractivity contribution in [1.29, 1.82) is 0 Å². The minimum atomic E-state index is -0.588. The normalized spacial score (nSPS) is 10.5. The number of pyridine rings is 1. The first-order chi connectivity index (χ1) is 9.95. The number of nitrogens with one attached hydrogen (secondary N) is 2. The van der Waals surface area contributed by atoms with Crippen LogP contribution >= 0.6 is 0 Å². The molecule has 0 aromatic carbocycles. The van der Waals surface area contributed by atoms with Gasteiger partial charge in [-0.3, -0.25) is 14.9 Å². The van der Waals surface area contributed by atoms with Gasteiger partial charge in [0.25, 0.3) is 11.6 Å². The Balaban J connectivity index is 2.63. The largest absolute Gasteiger partial charge is 0.379 e. The Hall–Kier alpha value is -2.22. The Morgan fingerprint density at radius 3 is 2.81 bits per heavy atom. The third-order valence-corrected chi connectivity index (χ3v) is 2.55. The number of carbonyl (C=O) groups is 1. The van der Waals surface area contributed by atoms with E-state index in [0.717, 1.165) is 6.20 Å². The van der Waals surface area contributed by atoms with Crippen molar-refractivity contribution in [2.45, 2.75) is 13.8 Å². The Labute approximate surface area is 123 Å². The molecule has 0 aliphatic heterocycles. The van der Waals surface area contributed by atoms with Crippen LogP contribution in [-0.4, -0.2) is 42.6 Å². The molecule has 1 rings (SSSR count). The van der Waals surface area contributed by atoms with Gasteiger partial charge in [-0.05, 0) is 5.92 Å². The number of hydrogen-bond donors (Lipinski definition) is 2. The standard InChI is InChI=1S/C13H20N4O4/c1-9(2)8-21-5-4-15-13(18)11-6-10(17(19)20)7-16-12(11)14-3/h6-7,9H,4-5,8H2,1-3H3,(H,14,16)(H,15,18). The smallest absolute Gasteiger partial charge is 0.288 e. The number of nitrogens with zero attached hydrogens (tertiary/aromatic N) is 2. The van der Waals surface area contributed by atoms with Crippen molar-refractivity contribution in [3.05, 3.63) is 27.9 Å². The van der Waals surface area contributed by atoms with E-state index >= 15 is 0 Å². The molecule has 21 heavy (non-hydrogen) atoms. The maximum Gasteiger partial charge on any atom is 0.288 e. The molecule has 1 aromatic rings. The Morgan fingerprint density at radius 1 is 1.52 bits per heavy atom. The van der Waals surface area contributed by atoms with Crippen molar-refractivity contribution < 1.29 is 14.5 Å². The van der Waals surface area contributed by atoms with E-state index in [0.29, 0.717) is 31.5 Å². The summed E-state index contributed by atoms with van der Waals surface area (Å²) in [6, 6.07) is 1.20. The number of nitro groups is 1. The van der Waals surface area contributed by atoms with E-state index in [1.807, 2.05) is 13.8 Å². The molecule has 0 bridgehead atoms. The summed E-state index contributed by atoms with van der Waals surface area (Å²) in [6.45, 7) is 5.41. The highest BCUT2D eigenvalue weighted by molar-refractivity contribution is 5.99. The summed E-state index contributed by atoms with van der Waals surface area (Å²) >= 11 is 0. The quantitative estimate of drug-likeness (QED) is 0.427. The summed E-state index contributed by atoms with van der Waals surface area (Å²) in [5, 5.41) is 16.1. The van der Waals surface area contributed by atoms with Crippen LogP contribution in [0.5, 0.6) is 0 Å². The minimum Gasteiger partial charge on any atom is -0.379 e. The molecule has 0 atom stereocenters. The number of aromatic nitrogens is 1. The zero-order valence-corrected chi connectivity index (χ0v) is 12.4. The second kappa shape index (κ2) is 8.15. The van der Waals surface area contributed by atoms with Crippen LogP contribution in [0.4, 0.5) is 11.5 Å². The van der Waals surface area contributed by atoms with Crippen LogP contribution in [0, 0.1) is 16.0 Å². The van der Waals surface area contributed by atoms with Gasteiger partial charge in [-0.2, -0.15) is 0 Å². The Bertz CT molecular complexity index is 505. The molecular weight excluding hydrogens is 276 g/mol. The molecule has 116 valence electrons. The van der Waals surface area contributed by atoms with Crippen LogP contribution < -0.4 is 10.6 Å². The van der Waals surface area contributed by atoms with Crippen LogP contribution in [0.25, 0.3) is 0 Å². The molecule has 0 saturated carbocycles. The van der Waals surface area contributed by atoms with Gasteiger partial charge in [0.2, 0.25) is 0 Å². The van der Waals surface area contributed by atoms with Crippen LogP contribution in [0.2, 0.25) is 0 Å². The predicted octanol–water partition coefficient (Wildman–Crippen LogP) is 1.43. The fraction of sp³-hybridized carbons (Fsp3) is 0.538. The zero-order chi connectivity index (χ0) is 15.8. The van der Waals surface area contributed by atoms with E-state index in [1.54, 1.807) is 7.05 Å². The van der Waals surface area contributed by atoms with Crippen molar-refractivity contribution in [3.8, 4) is 0 Å². The lowest BCUT2D eigenvalue weighted by Gasteiger charge is -2.10. The molecule has 8 heteroatoms. The van der Waals surface area contributed by atoms with E-state index in [2.05, 4.69) is 15.6 Å². The third-order valence-electron chi connectivity index (χ3n) is 2.55. The van der Waals surface area contributed by atoms with Crippen LogP contribution in [-0.2, 0) is 4.74 Å². The summed E-state index contributed by atoms with van der Waals surface area (Å²) in [7, 11) is 1.59. The first-order valence-electron chi connectivity index (χ1n) is 6.63. The summed E-state index contributed by atoms with van der Waals surface area (Å²) in [5.41, 5.74) is -0.0919. The minimum absolute atomic E-state index is 0.135. The molecule has 1 heterocycles. The third kappa shape index (κ3) is 5.35. The molecule has 2 N–H and O–H groups in total. The molecule has 0 spiro atoms. The van der Waals surface area contributed by atoms with Crippen molar-refractivity contribution in [1.82, 2.24) is 10.3 Å². The summed E-state index contributed by atoms with van der Waals surface area (Å²) in [5.74, 6) is 0.294. The van der Waals surface area contributed by atoms with Crippen molar-refractivity contribution in [3.63, 3.8) is 0 Å². The van der Waals surface area contributed by atoms with Gasteiger partial charge in [-0.1, -0.05) is 13.8 Å². The SMILES string of the molecule is CNc1ncc([N+](=O)[O-])cc1C(=O)NCCOCC(C)C. The first-order valence-corrected chi connectivity index (χ1v) is 6.63. The second-order valence-corrected chi connectivity index (χ2v) is 4.82. The summed E-state index contributed by atoms with van der Waals surface area (Å²) < 4.78 is 5.35. The fourth-order valence-corrected chi connectivity index (χ4v) is 1.58. The van der Waals surface area contributed by atoms with Crippen LogP contribution in [0.1, 0.15) is 24.2 Å². The molecule has 0 unspecified atom stereocenters. The Kier molecular flexibility index (Phi) is 6.54. The van der Waals surface area contributed by atoms with Crippen LogP contribution in [0.3, 0.4) is 0 Å². The number of amides is 1. The van der Waals surface area contributed by atoms with Gasteiger partial charge in [0.15, 0.2) is 0 Å². The van der Waals surface area contributed by atoms with E-state index in [9.17, 15) is 14.9 Å². The maximum absolute atomic E-state index is 12.0. The van der Waals surface area contributed by atoms with Crippen LogP contribution in [0.15, 0.2) is 12.3 Å². The van der Waals surface area contributed by atoms with Crippen molar-refractivity contribution in [2.24, 2.45) is 5.92 Å². The van der Waals surface area contributed by atoms with Gasteiger partial charge in [0, 0.05) is 26.3 Å². The average Bonchev–Trinajstić information content (AvgIpc) is 2.45. The molecule has 0 fully saturated rings. The number of carbonyl (C=O) groups excluding carboxylic acids is 1. The van der Waals surface area contributed by atoms with Gasteiger partial charge in [-0.25, -0.2) is 4.98 Å². The van der Waals surface area contributed by atoms with E-state index in [4.69, 9.17) is 4.74 Å². The maximum atomic E-state index is 12.0. The highest BCUT2D eigenvalue weighted by atomic mass is 16.6. The van der Waals surface area contributed by atoms with Gasteiger partial charge >= 0.3 is 0 Å². The van der Waals surface area contributed by atoms with E-state index in [1.165, 1.54) is 6.07 Å². The number of ether oxygens (including phenoxy) is 1. The predicted molar refractivity (Wildman–Crippen MR) is 78.4 cm³/mol. The average molecular weight is 296 g/mol. The molecule has 0 aliphatic carbocycles. The molecule has 0 aliphatic rings. The van der Waals surface area contributed by atoms with Gasteiger partial charge in [0.1, 0.15) is 12.0 Å². The molecule has 1 aromatic heterocycles. The zero-order valence-electron chi connectivity index (χ0n) is 12.4. The van der Waals surface area contributed by atoms with Gasteiger partial charge in [-0.15, -0.1) is 0 Å².